The molecule has 0 aliphatic heterocycles. The second-order valence-electron chi connectivity index (χ2n) is 4.03. The van der Waals surface area contributed by atoms with E-state index in [2.05, 4.69) is 42.5 Å². The lowest BCUT2D eigenvalue weighted by Crippen LogP contribution is -2.28. The number of urea groups is 1. The van der Waals surface area contributed by atoms with Crippen LogP contribution in [0.15, 0.2) is 38.6 Å². The summed E-state index contributed by atoms with van der Waals surface area (Å²) in [5.41, 5.74) is 0.272. The van der Waals surface area contributed by atoms with Crippen LogP contribution in [0.4, 0.5) is 10.5 Å². The molecule has 5 nitrogen and oxygen atoms in total. The number of nitrogens with one attached hydrogen (secondary N) is 2. The second kappa shape index (κ2) is 7.06. The molecule has 0 unspecified atom stereocenters. The van der Waals surface area contributed by atoms with Gasteiger partial charge in [0.15, 0.2) is 0 Å². The summed E-state index contributed by atoms with van der Waals surface area (Å²) in [4.78, 5) is 24.0. The lowest BCUT2D eigenvalue weighted by Gasteiger charge is -2.09. The van der Waals surface area contributed by atoms with Crippen LogP contribution in [0.1, 0.15) is 15.2 Å². The van der Waals surface area contributed by atoms with Gasteiger partial charge in [0, 0.05) is 19.2 Å². The van der Waals surface area contributed by atoms with Gasteiger partial charge in [0.25, 0.3) is 0 Å². The van der Waals surface area contributed by atoms with Crippen molar-refractivity contribution in [2.75, 3.05) is 5.32 Å². The lowest BCUT2D eigenvalue weighted by atomic mass is 10.2. The van der Waals surface area contributed by atoms with Gasteiger partial charge in [-0.15, -0.1) is 11.3 Å². The topological polar surface area (TPSA) is 78.4 Å². The molecule has 1 heterocycles. The van der Waals surface area contributed by atoms with Gasteiger partial charge in [-0.05, 0) is 40.2 Å². The van der Waals surface area contributed by atoms with Crippen LogP contribution in [0.2, 0.25) is 0 Å². The number of benzene rings is 1. The SMILES string of the molecule is O=C(NCc1cc(Br)cs1)Nc1ccc(Br)cc1C(=O)O. The first kappa shape index (κ1) is 16.0. The third kappa shape index (κ3) is 4.55. The van der Waals surface area contributed by atoms with Crippen molar-refractivity contribution in [2.24, 2.45) is 0 Å². The Labute approximate surface area is 141 Å². The first-order valence-electron chi connectivity index (χ1n) is 5.76. The van der Waals surface area contributed by atoms with E-state index in [0.29, 0.717) is 11.0 Å². The molecule has 0 fully saturated rings. The number of amides is 2. The molecule has 1 aromatic carbocycles. The molecule has 0 saturated heterocycles. The fourth-order valence-corrected chi connectivity index (χ4v) is 3.33. The van der Waals surface area contributed by atoms with Crippen molar-refractivity contribution in [3.05, 3.63) is 49.0 Å². The maximum atomic E-state index is 11.8. The number of hydrogen-bond acceptors (Lipinski definition) is 3. The largest absolute Gasteiger partial charge is 0.478 e. The summed E-state index contributed by atoms with van der Waals surface area (Å²) in [6, 6.07) is 6.10. The molecule has 110 valence electrons. The van der Waals surface area contributed by atoms with Gasteiger partial charge in [-0.2, -0.15) is 0 Å². The van der Waals surface area contributed by atoms with Crippen LogP contribution < -0.4 is 10.6 Å². The molecule has 0 saturated carbocycles. The second-order valence-corrected chi connectivity index (χ2v) is 6.86. The summed E-state index contributed by atoms with van der Waals surface area (Å²) in [5.74, 6) is -1.10. The van der Waals surface area contributed by atoms with Crippen LogP contribution in [0.25, 0.3) is 0 Å². The summed E-state index contributed by atoms with van der Waals surface area (Å²) < 4.78 is 1.60. The number of aromatic carboxylic acids is 1. The van der Waals surface area contributed by atoms with Crippen LogP contribution in [0, 0.1) is 0 Å². The highest BCUT2D eigenvalue weighted by Crippen LogP contribution is 2.22. The highest BCUT2D eigenvalue weighted by molar-refractivity contribution is 9.10. The predicted octanol–water partition coefficient (Wildman–Crippen LogP) is 4.29. The van der Waals surface area contributed by atoms with E-state index in [4.69, 9.17) is 5.11 Å². The van der Waals surface area contributed by atoms with Gasteiger partial charge in [-0.3, -0.25) is 0 Å². The van der Waals surface area contributed by atoms with Crippen molar-refractivity contribution < 1.29 is 14.7 Å². The highest BCUT2D eigenvalue weighted by atomic mass is 79.9. The molecule has 8 heteroatoms. The first-order valence-corrected chi connectivity index (χ1v) is 8.23. The van der Waals surface area contributed by atoms with Gasteiger partial charge < -0.3 is 15.7 Å². The van der Waals surface area contributed by atoms with Gasteiger partial charge in [-0.25, -0.2) is 9.59 Å². The molecule has 0 bridgehead atoms. The molecular weight excluding hydrogens is 424 g/mol. The number of anilines is 1. The Morgan fingerprint density at radius 3 is 2.57 bits per heavy atom. The Kier molecular flexibility index (Phi) is 5.38. The van der Waals surface area contributed by atoms with E-state index < -0.39 is 12.0 Å². The Balaban J connectivity index is 2.01. The van der Waals surface area contributed by atoms with Gasteiger partial charge >= 0.3 is 12.0 Å². The minimum absolute atomic E-state index is 0.0263. The van der Waals surface area contributed by atoms with Crippen LogP contribution in [-0.4, -0.2) is 17.1 Å². The van der Waals surface area contributed by atoms with Gasteiger partial charge in [0.2, 0.25) is 0 Å². The first-order chi connectivity index (χ1) is 9.95. The zero-order valence-electron chi connectivity index (χ0n) is 10.5. The summed E-state index contributed by atoms with van der Waals surface area (Å²) in [6.07, 6.45) is 0. The average molecular weight is 434 g/mol. The fourth-order valence-electron chi connectivity index (χ4n) is 1.58. The Morgan fingerprint density at radius 1 is 1.19 bits per heavy atom. The van der Waals surface area contributed by atoms with Gasteiger partial charge in [0.05, 0.1) is 17.8 Å². The Morgan fingerprint density at radius 2 is 1.95 bits per heavy atom. The van der Waals surface area contributed by atoms with E-state index in [0.717, 1.165) is 9.35 Å². The smallest absolute Gasteiger partial charge is 0.337 e. The zero-order valence-corrected chi connectivity index (χ0v) is 14.5. The molecule has 1 aromatic heterocycles. The van der Waals surface area contributed by atoms with E-state index in [1.54, 1.807) is 6.07 Å². The van der Waals surface area contributed by atoms with Crippen molar-refractivity contribution in [1.82, 2.24) is 5.32 Å². The molecule has 0 aliphatic carbocycles. The van der Waals surface area contributed by atoms with Gasteiger partial charge in [0.1, 0.15) is 0 Å². The van der Waals surface area contributed by atoms with Crippen molar-refractivity contribution in [1.29, 1.82) is 0 Å². The number of halogens is 2. The highest BCUT2D eigenvalue weighted by Gasteiger charge is 2.13. The molecule has 0 aliphatic rings. The normalized spacial score (nSPS) is 10.2. The van der Waals surface area contributed by atoms with Crippen LogP contribution in [-0.2, 0) is 6.54 Å². The molecule has 0 spiro atoms. The van der Waals surface area contributed by atoms with E-state index >= 15 is 0 Å². The Bertz CT molecular complexity index is 688. The molecule has 2 amide bonds. The van der Waals surface area contributed by atoms with E-state index in [-0.39, 0.29) is 11.3 Å². The number of carbonyl (C=O) groups is 2. The monoisotopic (exact) mass is 432 g/mol. The Hall–Kier alpha value is -1.38. The van der Waals surface area contributed by atoms with E-state index in [1.807, 2.05) is 11.4 Å². The molecule has 0 radical (unpaired) electrons. The molecule has 2 aromatic rings. The number of thiophene rings is 1. The molecule has 2 rings (SSSR count). The molecule has 21 heavy (non-hydrogen) atoms. The predicted molar refractivity (Wildman–Crippen MR) is 89.0 cm³/mol. The van der Waals surface area contributed by atoms with Crippen LogP contribution in [0.5, 0.6) is 0 Å². The molecule has 3 N–H and O–H groups in total. The number of rotatable bonds is 4. The fraction of sp³-hybridized carbons (Fsp3) is 0.0769. The van der Waals surface area contributed by atoms with Crippen LogP contribution in [0.3, 0.4) is 0 Å². The third-order valence-corrected chi connectivity index (χ3v) is 4.70. The van der Waals surface area contributed by atoms with E-state index in [1.165, 1.54) is 23.5 Å². The lowest BCUT2D eigenvalue weighted by molar-refractivity contribution is 0.0698. The standard InChI is InChI=1S/C13H10Br2N2O3S/c14-7-1-2-11(10(4-7)12(18)19)17-13(20)16-5-9-3-8(15)6-21-9/h1-4,6H,5H2,(H,18,19)(H2,16,17,20). The number of carboxylic acids is 1. The van der Waals surface area contributed by atoms with Crippen molar-refractivity contribution in [2.45, 2.75) is 6.54 Å². The molecular formula is C13H10Br2N2O3S. The minimum Gasteiger partial charge on any atom is -0.478 e. The maximum absolute atomic E-state index is 11.8. The summed E-state index contributed by atoms with van der Waals surface area (Å²) in [6.45, 7) is 0.376. The van der Waals surface area contributed by atoms with Crippen molar-refractivity contribution in [3.63, 3.8) is 0 Å². The van der Waals surface area contributed by atoms with Crippen molar-refractivity contribution >= 4 is 60.9 Å². The zero-order chi connectivity index (χ0) is 15.4. The summed E-state index contributed by atoms with van der Waals surface area (Å²) in [5, 5.41) is 16.3. The van der Waals surface area contributed by atoms with E-state index in [9.17, 15) is 9.59 Å². The number of carboxylic acid groups (broad SMARTS) is 1. The minimum atomic E-state index is -1.10. The average Bonchev–Trinajstić information content (AvgIpc) is 2.84. The quantitative estimate of drug-likeness (QED) is 0.672. The molecule has 0 atom stereocenters. The number of hydrogen-bond donors (Lipinski definition) is 3. The van der Waals surface area contributed by atoms with Crippen molar-refractivity contribution in [3.8, 4) is 0 Å². The summed E-state index contributed by atoms with van der Waals surface area (Å²) >= 11 is 8.06. The van der Waals surface area contributed by atoms with Crippen LogP contribution >= 0.6 is 43.2 Å². The van der Waals surface area contributed by atoms with Gasteiger partial charge in [-0.1, -0.05) is 15.9 Å². The summed E-state index contributed by atoms with van der Waals surface area (Å²) in [7, 11) is 0. The number of carbonyl (C=O) groups excluding carboxylic acids is 1. The maximum Gasteiger partial charge on any atom is 0.337 e. The third-order valence-electron chi connectivity index (χ3n) is 2.51.